The van der Waals surface area contributed by atoms with Gasteiger partial charge in [-0.15, -0.1) is 11.3 Å². The summed E-state index contributed by atoms with van der Waals surface area (Å²) in [5, 5.41) is 4.64. The average molecular weight is 225 g/mol. The molecule has 1 atom stereocenters. The van der Waals surface area contributed by atoms with Crippen molar-refractivity contribution < 1.29 is 0 Å². The molecule has 1 heterocycles. The number of hydrogen-bond acceptors (Lipinski definition) is 4. The van der Waals surface area contributed by atoms with Gasteiger partial charge in [0.2, 0.25) is 0 Å². The lowest BCUT2D eigenvalue weighted by Gasteiger charge is -2.38. The second-order valence-electron chi connectivity index (χ2n) is 4.63. The van der Waals surface area contributed by atoms with Crippen LogP contribution in [-0.4, -0.2) is 17.1 Å². The zero-order valence-corrected chi connectivity index (χ0v) is 10.2. The molecule has 0 bridgehead atoms. The van der Waals surface area contributed by atoms with Crippen molar-refractivity contribution in [3.05, 3.63) is 16.1 Å². The molecule has 2 rings (SSSR count). The predicted octanol–water partition coefficient (Wildman–Crippen LogP) is 1.98. The van der Waals surface area contributed by atoms with Crippen molar-refractivity contribution in [1.82, 2.24) is 10.3 Å². The van der Waals surface area contributed by atoms with E-state index in [1.807, 2.05) is 6.20 Å². The second-order valence-corrected chi connectivity index (χ2v) is 5.89. The molecule has 1 saturated carbocycles. The molecule has 0 aliphatic heterocycles. The quantitative estimate of drug-likeness (QED) is 0.824. The monoisotopic (exact) mass is 225 g/mol. The minimum absolute atomic E-state index is 0.0561. The van der Waals surface area contributed by atoms with Gasteiger partial charge in [0.05, 0.1) is 6.04 Å². The molecular formula is C11H19N3S. The largest absolute Gasteiger partial charge is 0.324 e. The Morgan fingerprint density at radius 2 is 2.40 bits per heavy atom. The lowest BCUT2D eigenvalue weighted by atomic mass is 9.77. The van der Waals surface area contributed by atoms with Gasteiger partial charge < -0.3 is 11.1 Å². The summed E-state index contributed by atoms with van der Waals surface area (Å²) in [5.41, 5.74) is 6.21. The van der Waals surface area contributed by atoms with Crippen LogP contribution in [0.3, 0.4) is 0 Å². The van der Waals surface area contributed by atoms with Crippen molar-refractivity contribution in [2.45, 2.75) is 44.7 Å². The highest BCUT2D eigenvalue weighted by Gasteiger charge is 2.32. The first-order valence-electron chi connectivity index (χ1n) is 5.54. The number of rotatable bonds is 4. The minimum Gasteiger partial charge on any atom is -0.324 e. The van der Waals surface area contributed by atoms with E-state index >= 15 is 0 Å². The molecule has 0 aromatic carbocycles. The Bertz CT molecular complexity index is 330. The summed E-state index contributed by atoms with van der Waals surface area (Å²) in [6.07, 6.45) is 5.52. The van der Waals surface area contributed by atoms with Gasteiger partial charge in [-0.3, -0.25) is 0 Å². The van der Waals surface area contributed by atoms with E-state index < -0.39 is 0 Å². The fraction of sp³-hybridized carbons (Fsp3) is 0.727. The van der Waals surface area contributed by atoms with Crippen molar-refractivity contribution >= 4 is 11.3 Å². The molecule has 1 aliphatic carbocycles. The van der Waals surface area contributed by atoms with Crippen LogP contribution in [0, 0.1) is 6.92 Å². The van der Waals surface area contributed by atoms with Gasteiger partial charge in [-0.25, -0.2) is 4.98 Å². The normalized spacial score (nSPS) is 21.0. The zero-order valence-electron chi connectivity index (χ0n) is 9.42. The fourth-order valence-electron chi connectivity index (χ4n) is 1.82. The van der Waals surface area contributed by atoms with Gasteiger partial charge in [0.15, 0.2) is 0 Å². The summed E-state index contributed by atoms with van der Waals surface area (Å²) in [7, 11) is 0. The molecule has 4 heteroatoms. The number of nitrogens with one attached hydrogen (secondary N) is 1. The maximum Gasteiger partial charge on any atom is 0.109 e. The van der Waals surface area contributed by atoms with Gasteiger partial charge in [0, 0.05) is 23.2 Å². The van der Waals surface area contributed by atoms with Crippen LogP contribution in [0.4, 0.5) is 0 Å². The van der Waals surface area contributed by atoms with E-state index in [2.05, 4.69) is 24.1 Å². The van der Waals surface area contributed by atoms with E-state index in [0.717, 1.165) is 24.4 Å². The molecule has 3 nitrogen and oxygen atoms in total. The number of nitrogens with zero attached hydrogens (tertiary/aromatic N) is 1. The van der Waals surface area contributed by atoms with Crippen LogP contribution in [0.5, 0.6) is 0 Å². The van der Waals surface area contributed by atoms with E-state index in [1.165, 1.54) is 11.3 Å². The molecule has 0 saturated heterocycles. The Kier molecular flexibility index (Phi) is 3.09. The highest BCUT2D eigenvalue weighted by molar-refractivity contribution is 7.11. The van der Waals surface area contributed by atoms with Crippen LogP contribution in [0.25, 0.3) is 0 Å². The van der Waals surface area contributed by atoms with E-state index in [-0.39, 0.29) is 5.54 Å². The SMILES string of the molecule is Cc1cnc(C(C)NCC2(N)CCC2)s1. The number of nitrogens with two attached hydrogens (primary N) is 1. The van der Waals surface area contributed by atoms with Crippen LogP contribution in [-0.2, 0) is 0 Å². The molecule has 1 aliphatic rings. The maximum atomic E-state index is 6.15. The number of aromatic nitrogens is 1. The van der Waals surface area contributed by atoms with Crippen LogP contribution >= 0.6 is 11.3 Å². The molecule has 1 aromatic rings. The average Bonchev–Trinajstić information content (AvgIpc) is 2.58. The molecular weight excluding hydrogens is 206 g/mol. The Morgan fingerprint density at radius 3 is 2.87 bits per heavy atom. The van der Waals surface area contributed by atoms with Crippen LogP contribution in [0.2, 0.25) is 0 Å². The topological polar surface area (TPSA) is 50.9 Å². The summed E-state index contributed by atoms with van der Waals surface area (Å²) in [6.45, 7) is 5.15. The van der Waals surface area contributed by atoms with E-state index in [9.17, 15) is 0 Å². The molecule has 0 amide bonds. The third-order valence-electron chi connectivity index (χ3n) is 3.12. The molecule has 15 heavy (non-hydrogen) atoms. The molecule has 1 fully saturated rings. The Balaban J connectivity index is 1.84. The molecule has 0 radical (unpaired) electrons. The van der Waals surface area contributed by atoms with E-state index in [4.69, 9.17) is 5.73 Å². The maximum absolute atomic E-state index is 6.15. The second kappa shape index (κ2) is 4.20. The fourth-order valence-corrected chi connectivity index (χ4v) is 2.62. The summed E-state index contributed by atoms with van der Waals surface area (Å²) < 4.78 is 0. The van der Waals surface area contributed by atoms with E-state index in [1.54, 1.807) is 11.3 Å². The molecule has 1 unspecified atom stereocenters. The molecule has 1 aromatic heterocycles. The third kappa shape index (κ3) is 2.56. The van der Waals surface area contributed by atoms with Gasteiger partial charge >= 0.3 is 0 Å². The standard InChI is InChI=1S/C11H19N3S/c1-8-6-13-10(15-8)9(2)14-7-11(12)4-3-5-11/h6,9,14H,3-5,7,12H2,1-2H3. The smallest absolute Gasteiger partial charge is 0.109 e. The van der Waals surface area contributed by atoms with Crippen LogP contribution in [0.1, 0.15) is 42.1 Å². The minimum atomic E-state index is 0.0561. The van der Waals surface area contributed by atoms with Gasteiger partial charge in [-0.2, -0.15) is 0 Å². The van der Waals surface area contributed by atoms with Crippen molar-refractivity contribution in [3.63, 3.8) is 0 Å². The first-order valence-corrected chi connectivity index (χ1v) is 6.35. The summed E-state index contributed by atoms with van der Waals surface area (Å²) in [6, 6.07) is 0.324. The molecule has 3 N–H and O–H groups in total. The van der Waals surface area contributed by atoms with Gasteiger partial charge in [-0.05, 0) is 33.1 Å². The number of hydrogen-bond donors (Lipinski definition) is 2. The first kappa shape index (κ1) is 11.0. The van der Waals surface area contributed by atoms with Crippen molar-refractivity contribution in [1.29, 1.82) is 0 Å². The highest BCUT2D eigenvalue weighted by atomic mass is 32.1. The Labute approximate surface area is 95.1 Å². The van der Waals surface area contributed by atoms with Crippen molar-refractivity contribution in [2.75, 3.05) is 6.54 Å². The molecule has 84 valence electrons. The Morgan fingerprint density at radius 1 is 1.67 bits per heavy atom. The van der Waals surface area contributed by atoms with Gasteiger partial charge in [-0.1, -0.05) is 0 Å². The first-order chi connectivity index (χ1) is 7.09. The Hall–Kier alpha value is -0.450. The highest BCUT2D eigenvalue weighted by Crippen LogP contribution is 2.29. The summed E-state index contributed by atoms with van der Waals surface area (Å²) in [4.78, 5) is 5.64. The van der Waals surface area contributed by atoms with Crippen LogP contribution in [0.15, 0.2) is 6.20 Å². The zero-order chi connectivity index (χ0) is 10.9. The third-order valence-corrected chi connectivity index (χ3v) is 4.21. The summed E-state index contributed by atoms with van der Waals surface area (Å²) in [5.74, 6) is 0. The molecule has 0 spiro atoms. The van der Waals surface area contributed by atoms with Gasteiger partial charge in [0.1, 0.15) is 5.01 Å². The van der Waals surface area contributed by atoms with Crippen molar-refractivity contribution in [2.24, 2.45) is 5.73 Å². The lowest BCUT2D eigenvalue weighted by molar-refractivity contribution is 0.232. The van der Waals surface area contributed by atoms with E-state index in [0.29, 0.717) is 6.04 Å². The summed E-state index contributed by atoms with van der Waals surface area (Å²) >= 11 is 1.76. The lowest BCUT2D eigenvalue weighted by Crippen LogP contribution is -2.54. The predicted molar refractivity (Wildman–Crippen MR) is 64.0 cm³/mol. The van der Waals surface area contributed by atoms with Gasteiger partial charge in [0.25, 0.3) is 0 Å². The van der Waals surface area contributed by atoms with Crippen molar-refractivity contribution in [3.8, 4) is 0 Å². The van der Waals surface area contributed by atoms with Crippen LogP contribution < -0.4 is 11.1 Å². The number of aryl methyl sites for hydroxylation is 1. The number of thiazole rings is 1.